The number of hydrogen-bond donors (Lipinski definition) is 1. The highest BCUT2D eigenvalue weighted by molar-refractivity contribution is 6.36. The molecular weight excluding hydrogens is 401 g/mol. The summed E-state index contributed by atoms with van der Waals surface area (Å²) in [5.41, 5.74) is 1.68. The molecule has 1 N–H and O–H groups in total. The van der Waals surface area contributed by atoms with Crippen molar-refractivity contribution in [3.63, 3.8) is 0 Å². The van der Waals surface area contributed by atoms with Gasteiger partial charge in [0.1, 0.15) is 11.7 Å². The number of anilines is 1. The molecular formula is C20H17Cl2N3O3. The van der Waals surface area contributed by atoms with E-state index in [-0.39, 0.29) is 18.2 Å². The zero-order chi connectivity index (χ0) is 19.7. The largest absolute Gasteiger partial charge is 0.356 e. The molecule has 1 fully saturated rings. The van der Waals surface area contributed by atoms with Crippen molar-refractivity contribution >= 4 is 51.7 Å². The number of likely N-dealkylation sites (tertiary alicyclic amines) is 1. The predicted octanol–water partition coefficient (Wildman–Crippen LogP) is 4.31. The smallest absolute Gasteiger partial charge is 0.247 e. The third-order valence-corrected chi connectivity index (χ3v) is 5.38. The van der Waals surface area contributed by atoms with Crippen LogP contribution in [-0.4, -0.2) is 34.5 Å². The van der Waals surface area contributed by atoms with Gasteiger partial charge in [0.05, 0.1) is 17.1 Å². The maximum atomic E-state index is 12.9. The molecule has 0 bridgehead atoms. The van der Waals surface area contributed by atoms with Crippen LogP contribution in [0.4, 0.5) is 5.69 Å². The van der Waals surface area contributed by atoms with E-state index in [9.17, 15) is 9.59 Å². The number of para-hydroxylation sites is 1. The van der Waals surface area contributed by atoms with Crippen LogP contribution in [0.25, 0.3) is 11.0 Å². The lowest BCUT2D eigenvalue weighted by molar-refractivity contribution is -0.136. The number of nitrogens with one attached hydrogen (secondary N) is 1. The van der Waals surface area contributed by atoms with Gasteiger partial charge in [-0.1, -0.05) is 40.5 Å². The number of carbonyl (C=O) groups is 2. The highest BCUT2D eigenvalue weighted by Gasteiger charge is 2.34. The number of amides is 2. The summed E-state index contributed by atoms with van der Waals surface area (Å²) >= 11 is 12.0. The molecule has 28 heavy (non-hydrogen) atoms. The van der Waals surface area contributed by atoms with Crippen LogP contribution in [-0.2, 0) is 16.0 Å². The van der Waals surface area contributed by atoms with Crippen LogP contribution in [0.3, 0.4) is 0 Å². The van der Waals surface area contributed by atoms with Gasteiger partial charge < -0.3 is 14.7 Å². The van der Waals surface area contributed by atoms with Gasteiger partial charge in [0, 0.05) is 17.0 Å². The third-order valence-electron chi connectivity index (χ3n) is 4.84. The van der Waals surface area contributed by atoms with Crippen molar-refractivity contribution < 1.29 is 14.1 Å². The van der Waals surface area contributed by atoms with Crippen LogP contribution in [0.5, 0.6) is 0 Å². The molecule has 1 aliphatic heterocycles. The zero-order valence-corrected chi connectivity index (χ0v) is 16.3. The third kappa shape index (κ3) is 3.70. The summed E-state index contributed by atoms with van der Waals surface area (Å²) in [6.07, 6.45) is 1.45. The lowest BCUT2D eigenvalue weighted by Gasteiger charge is -2.24. The maximum Gasteiger partial charge on any atom is 0.247 e. The fourth-order valence-electron chi connectivity index (χ4n) is 3.46. The molecule has 1 aromatic heterocycles. The second-order valence-electron chi connectivity index (χ2n) is 6.66. The predicted molar refractivity (Wildman–Crippen MR) is 108 cm³/mol. The number of nitrogens with zero attached hydrogens (tertiary/aromatic N) is 2. The Morgan fingerprint density at radius 1 is 1.21 bits per heavy atom. The molecule has 0 unspecified atom stereocenters. The van der Waals surface area contributed by atoms with Crippen molar-refractivity contribution in [3.05, 3.63) is 58.2 Å². The van der Waals surface area contributed by atoms with E-state index in [4.69, 9.17) is 27.7 Å². The van der Waals surface area contributed by atoms with Gasteiger partial charge in [-0.05, 0) is 43.2 Å². The van der Waals surface area contributed by atoms with Crippen molar-refractivity contribution in [2.75, 3.05) is 11.9 Å². The maximum absolute atomic E-state index is 12.9. The Balaban J connectivity index is 1.48. The molecule has 8 heteroatoms. The molecule has 2 heterocycles. The minimum atomic E-state index is -0.544. The first kappa shape index (κ1) is 18.8. The number of halogens is 2. The van der Waals surface area contributed by atoms with E-state index in [1.54, 1.807) is 29.2 Å². The lowest BCUT2D eigenvalue weighted by Crippen LogP contribution is -2.43. The van der Waals surface area contributed by atoms with Gasteiger partial charge in [-0.25, -0.2) is 0 Å². The molecule has 0 spiro atoms. The fraction of sp³-hybridized carbons (Fsp3) is 0.250. The first-order chi connectivity index (χ1) is 13.5. The van der Waals surface area contributed by atoms with Crippen molar-refractivity contribution in [2.24, 2.45) is 0 Å². The summed E-state index contributed by atoms with van der Waals surface area (Å²) in [6.45, 7) is 0.529. The van der Waals surface area contributed by atoms with Crippen molar-refractivity contribution in [2.45, 2.75) is 25.3 Å². The Bertz CT molecular complexity index is 1050. The monoisotopic (exact) mass is 417 g/mol. The Morgan fingerprint density at radius 3 is 2.86 bits per heavy atom. The van der Waals surface area contributed by atoms with Gasteiger partial charge in [0.2, 0.25) is 11.8 Å². The van der Waals surface area contributed by atoms with Crippen LogP contribution in [0.2, 0.25) is 10.0 Å². The molecule has 0 aliphatic carbocycles. The summed E-state index contributed by atoms with van der Waals surface area (Å²) in [5, 5.41) is 8.45. The molecule has 2 amide bonds. The standard InChI is InChI=1S/C20H17Cl2N3O3/c21-12-7-8-15(14(22)10-12)23-20(27)17-5-3-9-25(17)19(26)11-16-13-4-1-2-6-18(13)28-24-16/h1-2,4,6-8,10,17H,3,5,9,11H2,(H,23,27)/t17-/m1/s1. The van der Waals surface area contributed by atoms with Gasteiger partial charge in [-0.3, -0.25) is 9.59 Å². The second-order valence-corrected chi connectivity index (χ2v) is 7.50. The Morgan fingerprint density at radius 2 is 2.04 bits per heavy atom. The Hall–Kier alpha value is -2.57. The number of rotatable bonds is 4. The zero-order valence-electron chi connectivity index (χ0n) is 14.8. The molecule has 144 valence electrons. The van der Waals surface area contributed by atoms with Gasteiger partial charge in [0.15, 0.2) is 5.58 Å². The van der Waals surface area contributed by atoms with Gasteiger partial charge in [-0.2, -0.15) is 0 Å². The molecule has 2 aromatic carbocycles. The van der Waals surface area contributed by atoms with Crippen LogP contribution < -0.4 is 5.32 Å². The normalized spacial score (nSPS) is 16.5. The highest BCUT2D eigenvalue weighted by Crippen LogP contribution is 2.27. The second kappa shape index (κ2) is 7.81. The Kier molecular flexibility index (Phi) is 5.24. The van der Waals surface area contributed by atoms with Crippen molar-refractivity contribution in [1.29, 1.82) is 0 Å². The minimum Gasteiger partial charge on any atom is -0.356 e. The molecule has 0 radical (unpaired) electrons. The molecule has 4 rings (SSSR count). The average molecular weight is 418 g/mol. The molecule has 6 nitrogen and oxygen atoms in total. The molecule has 1 atom stereocenters. The van der Waals surface area contributed by atoms with Crippen LogP contribution in [0.1, 0.15) is 18.5 Å². The number of fused-ring (bicyclic) bond motifs is 1. The highest BCUT2D eigenvalue weighted by atomic mass is 35.5. The topological polar surface area (TPSA) is 75.4 Å². The average Bonchev–Trinajstić information content (AvgIpc) is 3.32. The first-order valence-electron chi connectivity index (χ1n) is 8.91. The van der Waals surface area contributed by atoms with E-state index < -0.39 is 6.04 Å². The van der Waals surface area contributed by atoms with E-state index in [2.05, 4.69) is 10.5 Å². The van der Waals surface area contributed by atoms with E-state index >= 15 is 0 Å². The summed E-state index contributed by atoms with van der Waals surface area (Å²) in [5.74, 6) is -0.418. The summed E-state index contributed by atoms with van der Waals surface area (Å²) in [7, 11) is 0. The van der Waals surface area contributed by atoms with Gasteiger partial charge in [-0.15, -0.1) is 0 Å². The first-order valence-corrected chi connectivity index (χ1v) is 9.67. The molecule has 1 saturated heterocycles. The quantitative estimate of drug-likeness (QED) is 0.685. The van der Waals surface area contributed by atoms with Crippen molar-refractivity contribution in [3.8, 4) is 0 Å². The van der Waals surface area contributed by atoms with Crippen molar-refractivity contribution in [1.82, 2.24) is 10.1 Å². The fourth-order valence-corrected chi connectivity index (χ4v) is 3.91. The van der Waals surface area contributed by atoms with E-state index in [0.29, 0.717) is 40.0 Å². The molecule has 0 saturated carbocycles. The molecule has 3 aromatic rings. The van der Waals surface area contributed by atoms with Gasteiger partial charge in [0.25, 0.3) is 0 Å². The van der Waals surface area contributed by atoms with E-state index in [1.165, 1.54) is 0 Å². The summed E-state index contributed by atoms with van der Waals surface area (Å²) < 4.78 is 5.26. The van der Waals surface area contributed by atoms with Crippen LogP contribution in [0, 0.1) is 0 Å². The summed E-state index contributed by atoms with van der Waals surface area (Å²) in [6, 6.07) is 11.7. The number of benzene rings is 2. The van der Waals surface area contributed by atoms with Gasteiger partial charge >= 0.3 is 0 Å². The Labute approximate surface area is 171 Å². The van der Waals surface area contributed by atoms with Crippen LogP contribution in [0.15, 0.2) is 47.0 Å². The number of carbonyl (C=O) groups excluding carboxylic acids is 2. The number of aromatic nitrogens is 1. The lowest BCUT2D eigenvalue weighted by atomic mass is 10.1. The number of hydrogen-bond acceptors (Lipinski definition) is 4. The van der Waals surface area contributed by atoms with E-state index in [1.807, 2.05) is 18.2 Å². The molecule has 1 aliphatic rings. The SMILES string of the molecule is O=C(Nc1ccc(Cl)cc1Cl)[C@H]1CCCN1C(=O)Cc1noc2ccccc12. The summed E-state index contributed by atoms with van der Waals surface area (Å²) in [4.78, 5) is 27.2. The van der Waals surface area contributed by atoms with Crippen LogP contribution >= 0.6 is 23.2 Å². The minimum absolute atomic E-state index is 0.0858. The van der Waals surface area contributed by atoms with E-state index in [0.717, 1.165) is 11.8 Å².